The number of aromatic nitrogens is 2. The molecule has 4 nitrogen and oxygen atoms in total. The van der Waals surface area contributed by atoms with Gasteiger partial charge in [-0.15, -0.1) is 33.3 Å². The quantitative estimate of drug-likeness (QED) is 0.844. The van der Waals surface area contributed by atoms with Gasteiger partial charge in [-0.25, -0.2) is 0 Å². The smallest absolute Gasteiger partial charge is 0.232 e. The van der Waals surface area contributed by atoms with Gasteiger partial charge in [-0.05, 0) is 19.6 Å². The van der Waals surface area contributed by atoms with Crippen LogP contribution in [0, 0.1) is 6.92 Å². The van der Waals surface area contributed by atoms with E-state index in [0.29, 0.717) is 6.54 Å². The van der Waals surface area contributed by atoms with Crippen molar-refractivity contribution in [3.8, 4) is 0 Å². The van der Waals surface area contributed by atoms with Crippen LogP contribution < -0.4 is 5.32 Å². The first kappa shape index (κ1) is 13.4. The van der Waals surface area contributed by atoms with Gasteiger partial charge in [-0.2, -0.15) is 0 Å². The monoisotopic (exact) mass is 259 g/mol. The number of thioether (sulfide) groups is 1. The molecule has 0 radical (unpaired) electrons. The predicted molar refractivity (Wildman–Crippen MR) is 69.0 cm³/mol. The standard InChI is InChI=1S/C10H17N3OS2/c1-4-15-7(2)10(14)11-6-5-9-13-12-8(3)16-9/h7H,4-6H2,1-3H3,(H,11,14)/t7-/m1/s1. The van der Waals surface area contributed by atoms with Crippen molar-refractivity contribution in [3.63, 3.8) is 0 Å². The lowest BCUT2D eigenvalue weighted by molar-refractivity contribution is -0.120. The average molecular weight is 259 g/mol. The molecule has 0 spiro atoms. The third-order valence-corrected chi connectivity index (χ3v) is 3.94. The third-order valence-electron chi connectivity index (χ3n) is 1.99. The van der Waals surface area contributed by atoms with Crippen molar-refractivity contribution in [1.29, 1.82) is 0 Å². The van der Waals surface area contributed by atoms with Crippen molar-refractivity contribution < 1.29 is 4.79 Å². The highest BCUT2D eigenvalue weighted by Gasteiger charge is 2.11. The predicted octanol–water partition coefficient (Wildman–Crippen LogP) is 1.65. The van der Waals surface area contributed by atoms with E-state index in [1.165, 1.54) is 0 Å². The first-order valence-electron chi connectivity index (χ1n) is 5.31. The van der Waals surface area contributed by atoms with E-state index in [1.54, 1.807) is 23.1 Å². The zero-order valence-corrected chi connectivity index (χ0v) is 11.5. The summed E-state index contributed by atoms with van der Waals surface area (Å²) in [6.45, 7) is 6.55. The molecule has 0 fully saturated rings. The summed E-state index contributed by atoms with van der Waals surface area (Å²) in [6.07, 6.45) is 0.765. The molecule has 16 heavy (non-hydrogen) atoms. The van der Waals surface area contributed by atoms with E-state index in [1.807, 2.05) is 13.8 Å². The minimum absolute atomic E-state index is 0.0288. The first-order valence-corrected chi connectivity index (χ1v) is 7.18. The molecule has 1 rings (SSSR count). The zero-order valence-electron chi connectivity index (χ0n) is 9.82. The fraction of sp³-hybridized carbons (Fsp3) is 0.700. The van der Waals surface area contributed by atoms with E-state index >= 15 is 0 Å². The van der Waals surface area contributed by atoms with Crippen molar-refractivity contribution in [1.82, 2.24) is 15.5 Å². The van der Waals surface area contributed by atoms with Gasteiger partial charge in [0.2, 0.25) is 5.91 Å². The number of carbonyl (C=O) groups is 1. The highest BCUT2D eigenvalue weighted by molar-refractivity contribution is 8.00. The van der Waals surface area contributed by atoms with E-state index in [4.69, 9.17) is 0 Å². The summed E-state index contributed by atoms with van der Waals surface area (Å²) in [4.78, 5) is 11.6. The molecule has 1 amide bonds. The van der Waals surface area contributed by atoms with Crippen LogP contribution in [0.1, 0.15) is 23.9 Å². The Morgan fingerprint density at radius 1 is 1.56 bits per heavy atom. The Labute approximate surface area is 104 Å². The topological polar surface area (TPSA) is 54.9 Å². The third kappa shape index (κ3) is 4.49. The normalized spacial score (nSPS) is 12.4. The van der Waals surface area contributed by atoms with Crippen LogP contribution in [0.25, 0.3) is 0 Å². The van der Waals surface area contributed by atoms with Gasteiger partial charge >= 0.3 is 0 Å². The summed E-state index contributed by atoms with van der Waals surface area (Å²) in [6, 6.07) is 0. The molecule has 1 aromatic rings. The Bertz CT molecular complexity index is 341. The van der Waals surface area contributed by atoms with Crippen LogP contribution in [-0.4, -0.2) is 33.7 Å². The maximum Gasteiger partial charge on any atom is 0.232 e. The summed E-state index contributed by atoms with van der Waals surface area (Å²) in [5.41, 5.74) is 0. The largest absolute Gasteiger partial charge is 0.355 e. The second kappa shape index (κ2) is 6.85. The molecule has 0 bridgehead atoms. The van der Waals surface area contributed by atoms with E-state index in [0.717, 1.165) is 22.2 Å². The summed E-state index contributed by atoms with van der Waals surface area (Å²) in [7, 11) is 0. The highest BCUT2D eigenvalue weighted by Crippen LogP contribution is 2.10. The number of rotatable bonds is 6. The summed E-state index contributed by atoms with van der Waals surface area (Å²) >= 11 is 3.23. The van der Waals surface area contributed by atoms with Gasteiger partial charge in [-0.1, -0.05) is 6.92 Å². The molecule has 1 N–H and O–H groups in total. The maximum atomic E-state index is 11.6. The molecule has 6 heteroatoms. The number of hydrogen-bond donors (Lipinski definition) is 1. The minimum atomic E-state index is 0.0288. The number of aryl methyl sites for hydroxylation is 1. The molecule has 1 heterocycles. The first-order chi connectivity index (χ1) is 7.63. The number of carbonyl (C=O) groups excluding carboxylic acids is 1. The second-order valence-electron chi connectivity index (χ2n) is 3.35. The van der Waals surface area contributed by atoms with Crippen molar-refractivity contribution in [2.75, 3.05) is 12.3 Å². The fourth-order valence-corrected chi connectivity index (χ4v) is 2.64. The minimum Gasteiger partial charge on any atom is -0.355 e. The molecule has 0 aliphatic rings. The van der Waals surface area contributed by atoms with Crippen molar-refractivity contribution >= 4 is 29.0 Å². The van der Waals surface area contributed by atoms with E-state index < -0.39 is 0 Å². The van der Waals surface area contributed by atoms with Gasteiger partial charge in [0.15, 0.2) is 0 Å². The summed E-state index contributed by atoms with van der Waals surface area (Å²) in [5, 5.41) is 12.8. The number of nitrogens with zero attached hydrogens (tertiary/aromatic N) is 2. The van der Waals surface area contributed by atoms with Crippen LogP contribution in [0.5, 0.6) is 0 Å². The maximum absolute atomic E-state index is 11.6. The van der Waals surface area contributed by atoms with Gasteiger partial charge in [0.05, 0.1) is 5.25 Å². The van der Waals surface area contributed by atoms with Crippen LogP contribution in [0.15, 0.2) is 0 Å². The van der Waals surface area contributed by atoms with Crippen LogP contribution in [0.2, 0.25) is 0 Å². The lowest BCUT2D eigenvalue weighted by atomic mass is 10.4. The van der Waals surface area contributed by atoms with Crippen LogP contribution >= 0.6 is 23.1 Å². The van der Waals surface area contributed by atoms with Gasteiger partial charge in [0.1, 0.15) is 10.0 Å². The lowest BCUT2D eigenvalue weighted by Gasteiger charge is -2.09. The molecular weight excluding hydrogens is 242 g/mol. The van der Waals surface area contributed by atoms with E-state index in [-0.39, 0.29) is 11.2 Å². The van der Waals surface area contributed by atoms with Crippen molar-refractivity contribution in [2.24, 2.45) is 0 Å². The Morgan fingerprint density at radius 2 is 2.31 bits per heavy atom. The molecule has 0 saturated heterocycles. The van der Waals surface area contributed by atoms with Gasteiger partial charge < -0.3 is 5.32 Å². The number of hydrogen-bond acceptors (Lipinski definition) is 5. The summed E-state index contributed by atoms with van der Waals surface area (Å²) in [5.74, 6) is 1.07. The number of nitrogens with one attached hydrogen (secondary N) is 1. The fourth-order valence-electron chi connectivity index (χ4n) is 1.20. The van der Waals surface area contributed by atoms with E-state index in [2.05, 4.69) is 22.4 Å². The molecule has 1 atom stereocenters. The van der Waals surface area contributed by atoms with E-state index in [9.17, 15) is 4.79 Å². The SMILES string of the molecule is CCS[C@H](C)C(=O)NCCc1nnc(C)s1. The Hall–Kier alpha value is -0.620. The molecule has 0 saturated carbocycles. The molecule has 0 unspecified atom stereocenters. The molecule has 90 valence electrons. The highest BCUT2D eigenvalue weighted by atomic mass is 32.2. The molecule has 0 aliphatic carbocycles. The molecule has 1 aromatic heterocycles. The van der Waals surface area contributed by atoms with Crippen molar-refractivity contribution in [2.45, 2.75) is 32.4 Å². The van der Waals surface area contributed by atoms with Crippen LogP contribution in [-0.2, 0) is 11.2 Å². The Balaban J connectivity index is 2.22. The average Bonchev–Trinajstić information content (AvgIpc) is 2.64. The molecule has 0 aliphatic heterocycles. The lowest BCUT2D eigenvalue weighted by Crippen LogP contribution is -2.32. The second-order valence-corrected chi connectivity index (χ2v) is 6.24. The molecular formula is C10H17N3OS2. The Morgan fingerprint density at radius 3 is 2.88 bits per heavy atom. The van der Waals surface area contributed by atoms with Gasteiger partial charge in [-0.3, -0.25) is 4.79 Å². The van der Waals surface area contributed by atoms with Gasteiger partial charge in [0, 0.05) is 13.0 Å². The Kier molecular flexibility index (Phi) is 5.76. The summed E-state index contributed by atoms with van der Waals surface area (Å²) < 4.78 is 0. The molecule has 0 aromatic carbocycles. The van der Waals surface area contributed by atoms with Crippen LogP contribution in [0.4, 0.5) is 0 Å². The van der Waals surface area contributed by atoms with Crippen molar-refractivity contribution in [3.05, 3.63) is 10.0 Å². The zero-order chi connectivity index (χ0) is 12.0. The van der Waals surface area contributed by atoms with Gasteiger partial charge in [0.25, 0.3) is 0 Å². The van der Waals surface area contributed by atoms with Crippen LogP contribution in [0.3, 0.4) is 0 Å². The number of amides is 1.